The van der Waals surface area contributed by atoms with Gasteiger partial charge < -0.3 is 15.6 Å². The number of aliphatic carboxylic acids is 1. The minimum atomic E-state index is -1.46. The monoisotopic (exact) mass is 366 g/mol. The molecular formula is C13H10N4O7S. The van der Waals surface area contributed by atoms with E-state index in [0.717, 1.165) is 11.3 Å². The van der Waals surface area contributed by atoms with E-state index in [1.54, 1.807) is 0 Å². The molecule has 0 spiro atoms. The Morgan fingerprint density at radius 3 is 2.56 bits per heavy atom. The van der Waals surface area contributed by atoms with Crippen molar-refractivity contribution in [3.63, 3.8) is 0 Å². The van der Waals surface area contributed by atoms with E-state index in [1.165, 1.54) is 29.6 Å². The summed E-state index contributed by atoms with van der Waals surface area (Å²) in [6.45, 7) is -0.238. The summed E-state index contributed by atoms with van der Waals surface area (Å²) in [5.41, 5.74) is 5.09. The molecule has 0 aliphatic heterocycles. The minimum Gasteiger partial charge on any atom is -0.476 e. The first-order valence-electron chi connectivity index (χ1n) is 6.46. The lowest BCUT2D eigenvalue weighted by Crippen LogP contribution is -2.17. The largest absolute Gasteiger partial charge is 0.535 e. The number of aromatic nitrogens is 1. The number of hydrogen-bond donors (Lipinski definition) is 2. The van der Waals surface area contributed by atoms with Gasteiger partial charge in [-0.15, -0.1) is 11.3 Å². The zero-order valence-corrected chi connectivity index (χ0v) is 13.1. The van der Waals surface area contributed by atoms with Gasteiger partial charge in [0.15, 0.2) is 5.13 Å². The summed E-state index contributed by atoms with van der Waals surface area (Å²) in [5, 5.41) is 24.2. The van der Waals surface area contributed by atoms with Gasteiger partial charge in [0.1, 0.15) is 12.3 Å². The lowest BCUT2D eigenvalue weighted by Gasteiger charge is -2.03. The number of thiazole rings is 1. The second kappa shape index (κ2) is 7.83. The number of anilines is 1. The third kappa shape index (κ3) is 4.97. The molecule has 0 aliphatic carbocycles. The number of non-ortho nitro benzene ring substituents is 1. The number of carbonyl (C=O) groups is 2. The predicted molar refractivity (Wildman–Crippen MR) is 85.1 cm³/mol. The number of nitrogen functional groups attached to an aromatic ring is 1. The quantitative estimate of drug-likeness (QED) is 0.254. The van der Waals surface area contributed by atoms with E-state index >= 15 is 0 Å². The average Bonchev–Trinajstić information content (AvgIpc) is 2.99. The van der Waals surface area contributed by atoms with Gasteiger partial charge in [-0.2, -0.15) is 0 Å². The molecule has 1 aromatic carbocycles. The molecule has 0 amide bonds. The van der Waals surface area contributed by atoms with Crippen LogP contribution in [-0.2, 0) is 21.0 Å². The number of nitro groups is 1. The van der Waals surface area contributed by atoms with Crippen LogP contribution in [0, 0.1) is 10.1 Å². The predicted octanol–water partition coefficient (Wildman–Crippen LogP) is 1.78. The molecule has 0 aliphatic rings. The SMILES string of the molecule is Nc1nc(C(=NOC(=O)OCc2ccc([N+](=O)[O-])cc2)C(=O)O)cs1. The van der Waals surface area contributed by atoms with Gasteiger partial charge in [-0.3, -0.25) is 15.0 Å². The number of carbonyl (C=O) groups excluding carboxylic acids is 1. The van der Waals surface area contributed by atoms with Gasteiger partial charge in [-0.05, 0) is 17.7 Å². The van der Waals surface area contributed by atoms with Crippen LogP contribution in [-0.4, -0.2) is 32.9 Å². The Morgan fingerprint density at radius 2 is 2.04 bits per heavy atom. The minimum absolute atomic E-state index is 0.0573. The van der Waals surface area contributed by atoms with Crippen molar-refractivity contribution in [2.45, 2.75) is 6.61 Å². The normalized spacial score (nSPS) is 11.0. The number of benzene rings is 1. The van der Waals surface area contributed by atoms with Crippen LogP contribution < -0.4 is 5.73 Å². The summed E-state index contributed by atoms with van der Waals surface area (Å²) < 4.78 is 4.73. The molecule has 12 heteroatoms. The molecule has 11 nitrogen and oxygen atoms in total. The lowest BCUT2D eigenvalue weighted by atomic mass is 10.2. The number of ether oxygens (including phenoxy) is 1. The molecule has 0 radical (unpaired) electrons. The zero-order chi connectivity index (χ0) is 18.4. The highest BCUT2D eigenvalue weighted by Crippen LogP contribution is 2.14. The molecular weight excluding hydrogens is 356 g/mol. The van der Waals surface area contributed by atoms with Crippen molar-refractivity contribution in [1.82, 2.24) is 4.98 Å². The number of carboxylic acid groups (broad SMARTS) is 1. The van der Waals surface area contributed by atoms with E-state index in [4.69, 9.17) is 15.6 Å². The second-order valence-corrected chi connectivity index (χ2v) is 5.26. The first-order valence-corrected chi connectivity index (χ1v) is 7.34. The van der Waals surface area contributed by atoms with Crippen LogP contribution in [0.4, 0.5) is 15.6 Å². The Hall–Kier alpha value is -3.54. The van der Waals surface area contributed by atoms with E-state index in [1.807, 2.05) is 0 Å². The maximum Gasteiger partial charge on any atom is 0.535 e. The lowest BCUT2D eigenvalue weighted by molar-refractivity contribution is -0.384. The van der Waals surface area contributed by atoms with Gasteiger partial charge in [0.2, 0.25) is 5.71 Å². The summed E-state index contributed by atoms with van der Waals surface area (Å²) in [4.78, 5) is 40.6. The Labute approximate surface area is 143 Å². The van der Waals surface area contributed by atoms with Crippen molar-refractivity contribution in [2.75, 3.05) is 5.73 Å². The highest BCUT2D eigenvalue weighted by Gasteiger charge is 2.18. The molecule has 0 saturated carbocycles. The summed E-state index contributed by atoms with van der Waals surface area (Å²) in [6.07, 6.45) is -1.25. The maximum atomic E-state index is 11.5. The van der Waals surface area contributed by atoms with Gasteiger partial charge in [0.25, 0.3) is 5.69 Å². The number of nitro benzene ring substituents is 1. The highest BCUT2D eigenvalue weighted by atomic mass is 32.1. The molecule has 2 aromatic rings. The Morgan fingerprint density at radius 1 is 1.36 bits per heavy atom. The van der Waals surface area contributed by atoms with Crippen molar-refractivity contribution in [3.05, 3.63) is 51.0 Å². The van der Waals surface area contributed by atoms with Crippen molar-refractivity contribution < 1.29 is 29.2 Å². The van der Waals surface area contributed by atoms with Crippen LogP contribution in [0.5, 0.6) is 0 Å². The first kappa shape index (κ1) is 17.8. The topological polar surface area (TPSA) is 167 Å². The van der Waals surface area contributed by atoms with Crippen molar-refractivity contribution >= 4 is 40.0 Å². The zero-order valence-electron chi connectivity index (χ0n) is 12.3. The molecule has 3 N–H and O–H groups in total. The van der Waals surface area contributed by atoms with Crippen molar-refractivity contribution in [1.29, 1.82) is 0 Å². The Kier molecular flexibility index (Phi) is 5.58. The van der Waals surface area contributed by atoms with Crippen LogP contribution in [0.1, 0.15) is 11.3 Å². The molecule has 0 saturated heterocycles. The van der Waals surface area contributed by atoms with E-state index in [9.17, 15) is 19.7 Å². The molecule has 1 heterocycles. The van der Waals surface area contributed by atoms with Gasteiger partial charge in [-0.25, -0.2) is 14.6 Å². The van der Waals surface area contributed by atoms with Crippen LogP contribution in [0.2, 0.25) is 0 Å². The maximum absolute atomic E-state index is 11.5. The number of carboxylic acids is 1. The van der Waals surface area contributed by atoms with Gasteiger partial charge in [0.05, 0.1) is 4.92 Å². The fourth-order valence-corrected chi connectivity index (χ4v) is 2.10. The first-order chi connectivity index (χ1) is 11.9. The van der Waals surface area contributed by atoms with Crippen LogP contribution in [0.15, 0.2) is 34.8 Å². The second-order valence-electron chi connectivity index (χ2n) is 4.37. The van der Waals surface area contributed by atoms with Crippen LogP contribution >= 0.6 is 11.3 Å². The molecule has 0 bridgehead atoms. The van der Waals surface area contributed by atoms with Crippen LogP contribution in [0.25, 0.3) is 0 Å². The number of hydrogen-bond acceptors (Lipinski definition) is 10. The fraction of sp³-hybridized carbons (Fsp3) is 0.0769. The fourth-order valence-electron chi connectivity index (χ4n) is 1.56. The number of oxime groups is 1. The van der Waals surface area contributed by atoms with E-state index in [0.29, 0.717) is 5.56 Å². The summed E-state index contributed by atoms with van der Waals surface area (Å²) >= 11 is 0.998. The van der Waals surface area contributed by atoms with Crippen molar-refractivity contribution in [2.24, 2.45) is 5.16 Å². The number of nitrogens with zero attached hydrogens (tertiary/aromatic N) is 3. The molecule has 130 valence electrons. The highest BCUT2D eigenvalue weighted by molar-refractivity contribution is 7.13. The van der Waals surface area contributed by atoms with E-state index in [2.05, 4.69) is 15.0 Å². The smallest absolute Gasteiger partial charge is 0.476 e. The third-order valence-electron chi connectivity index (χ3n) is 2.68. The molecule has 0 unspecified atom stereocenters. The number of nitrogens with two attached hydrogens (primary N) is 1. The van der Waals surface area contributed by atoms with Crippen LogP contribution in [0.3, 0.4) is 0 Å². The average molecular weight is 366 g/mol. The number of rotatable bonds is 6. The Balaban J connectivity index is 1.94. The van der Waals surface area contributed by atoms with Gasteiger partial charge in [-0.1, -0.05) is 5.16 Å². The van der Waals surface area contributed by atoms with E-state index < -0.39 is 22.8 Å². The van der Waals surface area contributed by atoms with Gasteiger partial charge >= 0.3 is 12.1 Å². The molecule has 1 aromatic heterocycles. The molecule has 0 fully saturated rings. The third-order valence-corrected chi connectivity index (χ3v) is 3.36. The Bertz CT molecular complexity index is 831. The summed E-state index contributed by atoms with van der Waals surface area (Å²) in [7, 11) is 0. The van der Waals surface area contributed by atoms with Gasteiger partial charge in [0, 0.05) is 17.5 Å². The standard InChI is InChI=1S/C13H10N4O7S/c14-12-15-9(6-25-12)10(11(18)19)16-24-13(20)23-5-7-1-3-8(4-2-7)17(21)22/h1-4,6H,5H2,(H2,14,15)(H,18,19). The van der Waals surface area contributed by atoms with E-state index in [-0.39, 0.29) is 23.1 Å². The molecule has 2 rings (SSSR count). The van der Waals surface area contributed by atoms with Crippen molar-refractivity contribution in [3.8, 4) is 0 Å². The summed E-state index contributed by atoms with van der Waals surface area (Å²) in [5.74, 6) is -1.46. The molecule has 25 heavy (non-hydrogen) atoms. The molecule has 0 atom stereocenters. The summed E-state index contributed by atoms with van der Waals surface area (Å²) in [6, 6.07) is 5.29.